The van der Waals surface area contributed by atoms with Crippen LogP contribution >= 0.6 is 0 Å². The van der Waals surface area contributed by atoms with Crippen LogP contribution in [0.25, 0.3) is 11.3 Å². The fourth-order valence-electron chi connectivity index (χ4n) is 2.15. The highest BCUT2D eigenvalue weighted by Gasteiger charge is 2.17. The number of carbonyl (C=O) groups is 1. The summed E-state index contributed by atoms with van der Waals surface area (Å²) in [6.45, 7) is 0. The summed E-state index contributed by atoms with van der Waals surface area (Å²) in [5.41, 5.74) is 0.986. The molecule has 0 saturated carbocycles. The first-order valence-corrected chi connectivity index (χ1v) is 6.66. The number of methoxy groups -OCH3 is 1. The summed E-state index contributed by atoms with van der Waals surface area (Å²) in [5, 5.41) is 0. The van der Waals surface area contributed by atoms with Crippen molar-refractivity contribution in [2.75, 3.05) is 7.11 Å². The molecule has 0 amide bonds. The summed E-state index contributed by atoms with van der Waals surface area (Å²) in [6.07, 6.45) is 0. The van der Waals surface area contributed by atoms with Gasteiger partial charge in [-0.05, 0) is 24.3 Å². The zero-order valence-corrected chi connectivity index (χ0v) is 11.9. The summed E-state index contributed by atoms with van der Waals surface area (Å²) >= 11 is 0. The largest absolute Gasteiger partial charge is 0.497 e. The summed E-state index contributed by atoms with van der Waals surface area (Å²) < 4.78 is 11.1. The van der Waals surface area contributed by atoms with Crippen LogP contribution in [0.1, 0.15) is 10.4 Å². The Kier molecular flexibility index (Phi) is 3.62. The van der Waals surface area contributed by atoms with Gasteiger partial charge in [-0.3, -0.25) is 4.79 Å². The maximum atomic E-state index is 12.5. The molecule has 0 radical (unpaired) electrons. The topological polar surface area (TPSA) is 61.4 Å². The van der Waals surface area contributed by atoms with Crippen molar-refractivity contribution < 1.29 is 14.1 Å². The number of rotatable bonds is 3. The van der Waals surface area contributed by atoms with Crippen LogP contribution < -0.4 is 10.4 Å². The van der Waals surface area contributed by atoms with Gasteiger partial charge in [0, 0.05) is 11.1 Å². The highest BCUT2D eigenvalue weighted by Crippen LogP contribution is 2.20. The van der Waals surface area contributed by atoms with Gasteiger partial charge in [0.15, 0.2) is 0 Å². The zero-order chi connectivity index (χ0) is 15.5. The van der Waals surface area contributed by atoms with Gasteiger partial charge in [0.05, 0.1) is 18.9 Å². The quantitative estimate of drug-likeness (QED) is 0.745. The third kappa shape index (κ3) is 2.56. The van der Waals surface area contributed by atoms with Crippen LogP contribution in [0.4, 0.5) is 0 Å². The smallest absolute Gasteiger partial charge is 0.358 e. The van der Waals surface area contributed by atoms with Gasteiger partial charge in [-0.25, -0.2) is 4.79 Å². The van der Waals surface area contributed by atoms with Crippen LogP contribution in [0, 0.1) is 0 Å². The van der Waals surface area contributed by atoms with Crippen molar-refractivity contribution >= 4 is 5.91 Å². The second-order valence-electron chi connectivity index (χ2n) is 4.63. The number of carbonyl (C=O) groups excluding carboxylic acids is 1. The third-order valence-corrected chi connectivity index (χ3v) is 3.25. The van der Waals surface area contributed by atoms with Gasteiger partial charge in [0.25, 0.3) is 5.91 Å². The van der Waals surface area contributed by atoms with Gasteiger partial charge in [0.1, 0.15) is 5.75 Å². The van der Waals surface area contributed by atoms with E-state index in [-0.39, 0.29) is 0 Å². The van der Waals surface area contributed by atoms with Crippen molar-refractivity contribution in [3.05, 3.63) is 76.6 Å². The van der Waals surface area contributed by atoms with Gasteiger partial charge in [0.2, 0.25) is 0 Å². The molecule has 0 saturated heterocycles. The standard InChI is InChI=1S/C17H13NO4/c1-21-14-9-7-13(8-10-14)17(20)18-15(11-16(19)22-18)12-5-3-2-4-6-12/h2-11H,1H3. The molecular formula is C17H13NO4. The first-order valence-electron chi connectivity index (χ1n) is 6.66. The number of hydrogen-bond donors (Lipinski definition) is 0. The molecule has 0 aliphatic carbocycles. The Morgan fingerprint density at radius 3 is 2.36 bits per heavy atom. The Morgan fingerprint density at radius 1 is 1.05 bits per heavy atom. The number of nitrogens with zero attached hydrogens (tertiary/aromatic N) is 1. The molecule has 0 aliphatic rings. The fourth-order valence-corrected chi connectivity index (χ4v) is 2.15. The molecular weight excluding hydrogens is 282 g/mol. The number of benzene rings is 2. The Morgan fingerprint density at radius 2 is 1.73 bits per heavy atom. The molecule has 0 unspecified atom stereocenters. The van der Waals surface area contributed by atoms with E-state index in [2.05, 4.69) is 0 Å². The molecule has 0 spiro atoms. The van der Waals surface area contributed by atoms with E-state index in [1.807, 2.05) is 30.3 Å². The van der Waals surface area contributed by atoms with E-state index in [1.54, 1.807) is 31.4 Å². The Bertz CT molecular complexity index is 844. The van der Waals surface area contributed by atoms with Crippen LogP contribution in [0.5, 0.6) is 5.75 Å². The second-order valence-corrected chi connectivity index (χ2v) is 4.63. The fraction of sp³-hybridized carbons (Fsp3) is 0.0588. The lowest BCUT2D eigenvalue weighted by molar-refractivity contribution is 0.0843. The second kappa shape index (κ2) is 5.73. The van der Waals surface area contributed by atoms with E-state index in [9.17, 15) is 9.59 Å². The third-order valence-electron chi connectivity index (χ3n) is 3.25. The molecule has 0 N–H and O–H groups in total. The highest BCUT2D eigenvalue weighted by molar-refractivity contribution is 5.97. The Hall–Kier alpha value is -3.08. The zero-order valence-electron chi connectivity index (χ0n) is 11.9. The lowest BCUT2D eigenvalue weighted by Gasteiger charge is -2.06. The minimum absolute atomic E-state index is 0.400. The van der Waals surface area contributed by atoms with Crippen molar-refractivity contribution in [2.24, 2.45) is 0 Å². The van der Waals surface area contributed by atoms with Crippen LogP contribution in [0.15, 0.2) is 70.0 Å². The van der Waals surface area contributed by atoms with E-state index in [1.165, 1.54) is 6.07 Å². The van der Waals surface area contributed by atoms with E-state index in [4.69, 9.17) is 9.26 Å². The maximum Gasteiger partial charge on any atom is 0.358 e. The molecule has 0 aliphatic heterocycles. The predicted octanol–water partition coefficient (Wildman–Crippen LogP) is 2.81. The molecule has 0 fully saturated rings. The minimum atomic E-state index is -0.569. The molecule has 1 aromatic heterocycles. The van der Waals surface area contributed by atoms with Crippen LogP contribution in [0.3, 0.4) is 0 Å². The summed E-state index contributed by atoms with van der Waals surface area (Å²) in [7, 11) is 1.55. The maximum absolute atomic E-state index is 12.5. The first-order chi connectivity index (χ1) is 10.7. The molecule has 5 heteroatoms. The van der Waals surface area contributed by atoms with E-state index in [0.29, 0.717) is 17.0 Å². The van der Waals surface area contributed by atoms with E-state index >= 15 is 0 Å². The predicted molar refractivity (Wildman–Crippen MR) is 81.1 cm³/mol. The van der Waals surface area contributed by atoms with Crippen molar-refractivity contribution in [3.63, 3.8) is 0 Å². The van der Waals surface area contributed by atoms with Crippen LogP contribution in [-0.2, 0) is 0 Å². The van der Waals surface area contributed by atoms with Gasteiger partial charge >= 0.3 is 5.63 Å². The monoisotopic (exact) mass is 295 g/mol. The molecule has 3 aromatic rings. The van der Waals surface area contributed by atoms with Crippen molar-refractivity contribution in [3.8, 4) is 17.0 Å². The summed E-state index contributed by atoms with van der Waals surface area (Å²) in [6, 6.07) is 17.0. The molecule has 1 heterocycles. The Balaban J connectivity index is 2.04. The van der Waals surface area contributed by atoms with Crippen LogP contribution in [-0.4, -0.2) is 17.8 Å². The number of hydrogen-bond acceptors (Lipinski definition) is 4. The van der Waals surface area contributed by atoms with Crippen molar-refractivity contribution in [1.29, 1.82) is 0 Å². The normalized spacial score (nSPS) is 10.4. The molecule has 22 heavy (non-hydrogen) atoms. The van der Waals surface area contributed by atoms with Crippen molar-refractivity contribution in [1.82, 2.24) is 4.74 Å². The summed E-state index contributed by atoms with van der Waals surface area (Å²) in [5.74, 6) is 0.234. The van der Waals surface area contributed by atoms with E-state index < -0.39 is 11.5 Å². The number of ether oxygens (including phenoxy) is 1. The number of aromatic nitrogens is 1. The van der Waals surface area contributed by atoms with Gasteiger partial charge in [-0.1, -0.05) is 30.3 Å². The van der Waals surface area contributed by atoms with E-state index in [0.717, 1.165) is 10.3 Å². The van der Waals surface area contributed by atoms with Crippen LogP contribution in [0.2, 0.25) is 0 Å². The average molecular weight is 295 g/mol. The van der Waals surface area contributed by atoms with Gasteiger partial charge in [-0.15, -0.1) is 4.74 Å². The molecule has 3 rings (SSSR count). The average Bonchev–Trinajstić information content (AvgIpc) is 2.97. The first kappa shape index (κ1) is 13.9. The minimum Gasteiger partial charge on any atom is -0.497 e. The molecule has 2 aromatic carbocycles. The Labute approximate surface area is 126 Å². The highest BCUT2D eigenvalue weighted by atomic mass is 16.5. The van der Waals surface area contributed by atoms with Crippen molar-refractivity contribution in [2.45, 2.75) is 0 Å². The van der Waals surface area contributed by atoms with Gasteiger partial charge < -0.3 is 9.26 Å². The molecule has 0 atom stereocenters. The lowest BCUT2D eigenvalue weighted by atomic mass is 10.1. The van der Waals surface area contributed by atoms with Gasteiger partial charge in [-0.2, -0.15) is 0 Å². The molecule has 0 bridgehead atoms. The molecule has 110 valence electrons. The molecule has 5 nitrogen and oxygen atoms in total. The summed E-state index contributed by atoms with van der Waals surface area (Å²) in [4.78, 5) is 24.1. The lowest BCUT2D eigenvalue weighted by Crippen LogP contribution is -2.12. The SMILES string of the molecule is COc1ccc(C(=O)n2oc(=O)cc2-c2ccccc2)cc1.